The minimum Gasteiger partial charge on any atom is -0.481 e. The maximum Gasteiger partial charge on any atom is 0.490 e. The van der Waals surface area contributed by atoms with Crippen molar-refractivity contribution in [1.29, 1.82) is 0 Å². The second-order valence-electron chi connectivity index (χ2n) is 4.79. The fraction of sp³-hybridized carbons (Fsp3) is 0.333. The lowest BCUT2D eigenvalue weighted by Gasteiger charge is -2.02. The molecule has 0 saturated heterocycles. The van der Waals surface area contributed by atoms with Crippen LogP contribution in [0.1, 0.15) is 19.4 Å². The molecule has 1 N–H and O–H groups in total. The van der Waals surface area contributed by atoms with E-state index in [0.717, 1.165) is 10.9 Å². The molecular formula is C15H16F3N2O4+. The third-order valence-electron chi connectivity index (χ3n) is 2.91. The summed E-state index contributed by atoms with van der Waals surface area (Å²) in [6, 6.07) is 9.58. The molecule has 1 aromatic heterocycles. The normalized spacial score (nSPS) is 12.0. The number of carboxylic acid groups (broad SMARTS) is 1. The number of rotatable bonds is 3. The molecular weight excluding hydrogens is 329 g/mol. The number of benzene rings is 1. The molecule has 0 spiro atoms. The van der Waals surface area contributed by atoms with Crippen molar-refractivity contribution in [2.75, 3.05) is 7.11 Å². The molecule has 1 atom stereocenters. The molecule has 24 heavy (non-hydrogen) atoms. The van der Waals surface area contributed by atoms with E-state index in [1.54, 1.807) is 4.68 Å². The SMILES string of the molecule is CC(CC(=O)O)[n+]1ccc2ccccc2n1.COC(=O)C(F)(F)F. The number of nitrogens with zero attached hydrogens (tertiary/aromatic N) is 2. The quantitative estimate of drug-likeness (QED) is 0.682. The molecule has 0 radical (unpaired) electrons. The summed E-state index contributed by atoms with van der Waals surface area (Å²) in [5.41, 5.74) is 0.877. The molecule has 0 fully saturated rings. The van der Waals surface area contributed by atoms with Crippen molar-refractivity contribution in [2.45, 2.75) is 25.6 Å². The second-order valence-corrected chi connectivity index (χ2v) is 4.79. The maximum absolute atomic E-state index is 11.0. The Bertz CT molecular complexity index is 719. The molecule has 0 aliphatic heterocycles. The minimum atomic E-state index is -4.85. The van der Waals surface area contributed by atoms with E-state index in [-0.39, 0.29) is 12.5 Å². The van der Waals surface area contributed by atoms with E-state index in [1.807, 2.05) is 43.5 Å². The molecule has 130 valence electrons. The van der Waals surface area contributed by atoms with Crippen molar-refractivity contribution >= 4 is 22.8 Å². The highest BCUT2D eigenvalue weighted by atomic mass is 19.4. The van der Waals surface area contributed by atoms with Crippen molar-refractivity contribution in [3.8, 4) is 0 Å². The van der Waals surface area contributed by atoms with Gasteiger partial charge in [0.25, 0.3) is 0 Å². The van der Waals surface area contributed by atoms with Gasteiger partial charge in [0.15, 0.2) is 12.2 Å². The first-order valence-electron chi connectivity index (χ1n) is 6.79. The highest BCUT2D eigenvalue weighted by Crippen LogP contribution is 2.15. The number of methoxy groups -OCH3 is 1. The van der Waals surface area contributed by atoms with Crippen molar-refractivity contribution in [3.63, 3.8) is 0 Å². The van der Waals surface area contributed by atoms with Crippen molar-refractivity contribution in [1.82, 2.24) is 5.10 Å². The van der Waals surface area contributed by atoms with E-state index in [9.17, 15) is 22.8 Å². The van der Waals surface area contributed by atoms with Crippen LogP contribution < -0.4 is 4.68 Å². The van der Waals surface area contributed by atoms with Gasteiger partial charge in [-0.25, -0.2) is 4.79 Å². The lowest BCUT2D eigenvalue weighted by molar-refractivity contribution is -0.771. The average Bonchev–Trinajstić information content (AvgIpc) is 2.52. The first-order valence-corrected chi connectivity index (χ1v) is 6.79. The number of aliphatic carboxylic acids is 1. The summed E-state index contributed by atoms with van der Waals surface area (Å²) in [4.78, 5) is 20.1. The predicted molar refractivity (Wildman–Crippen MR) is 77.0 cm³/mol. The van der Waals surface area contributed by atoms with Gasteiger partial charge in [0.05, 0.1) is 7.11 Å². The number of ether oxygens (including phenoxy) is 1. The van der Waals surface area contributed by atoms with E-state index in [4.69, 9.17) is 5.11 Å². The standard InChI is InChI=1S/C12H12N2O2.C3H3F3O2/c1-9(8-12(15)16)14-7-6-10-4-2-3-5-11(10)13-14;1-8-2(7)3(4,5)6/h2-7,9H,8H2,1H3;1H3/p+1. The van der Waals surface area contributed by atoms with Crippen LogP contribution in [-0.2, 0) is 14.3 Å². The zero-order chi connectivity index (χ0) is 18.3. The van der Waals surface area contributed by atoms with Crippen molar-refractivity contribution in [2.24, 2.45) is 0 Å². The number of fused-ring (bicyclic) bond motifs is 1. The predicted octanol–water partition coefficient (Wildman–Crippen LogP) is 2.28. The van der Waals surface area contributed by atoms with Crippen LogP contribution in [-0.4, -0.2) is 35.4 Å². The summed E-state index contributed by atoms with van der Waals surface area (Å²) < 4.78 is 38.0. The fourth-order valence-corrected chi connectivity index (χ4v) is 1.74. The van der Waals surface area contributed by atoms with Crippen LogP contribution in [0.4, 0.5) is 13.2 Å². The lowest BCUT2D eigenvalue weighted by atomic mass is 10.2. The van der Waals surface area contributed by atoms with Gasteiger partial charge in [0, 0.05) is 23.5 Å². The van der Waals surface area contributed by atoms with Crippen LogP contribution in [0, 0.1) is 0 Å². The molecule has 0 bridgehead atoms. The Morgan fingerprint density at radius 3 is 2.42 bits per heavy atom. The Kier molecular flexibility index (Phi) is 6.63. The Labute approximate surface area is 135 Å². The molecule has 1 heterocycles. The molecule has 2 aromatic rings. The zero-order valence-electron chi connectivity index (χ0n) is 12.9. The highest BCUT2D eigenvalue weighted by molar-refractivity contribution is 5.76. The second kappa shape index (κ2) is 8.23. The van der Waals surface area contributed by atoms with E-state index in [1.165, 1.54) is 0 Å². The molecule has 9 heteroatoms. The fourth-order valence-electron chi connectivity index (χ4n) is 1.74. The molecule has 2 rings (SSSR count). The Morgan fingerprint density at radius 2 is 1.92 bits per heavy atom. The number of aromatic nitrogens is 2. The van der Waals surface area contributed by atoms with Crippen LogP contribution in [0.5, 0.6) is 0 Å². The maximum atomic E-state index is 11.0. The number of carbonyl (C=O) groups is 2. The summed E-state index contributed by atoms with van der Waals surface area (Å²) in [6.07, 6.45) is -2.96. The first kappa shape index (κ1) is 19.3. The van der Waals surface area contributed by atoms with E-state index < -0.39 is 18.1 Å². The van der Waals surface area contributed by atoms with Crippen LogP contribution >= 0.6 is 0 Å². The smallest absolute Gasteiger partial charge is 0.481 e. The van der Waals surface area contributed by atoms with Gasteiger partial charge in [0.2, 0.25) is 0 Å². The van der Waals surface area contributed by atoms with Crippen molar-refractivity contribution < 1.29 is 37.3 Å². The Balaban J connectivity index is 0.000000307. The Hall–Kier alpha value is -2.71. The lowest BCUT2D eigenvalue weighted by Crippen LogP contribution is -2.42. The van der Waals surface area contributed by atoms with Crippen LogP contribution in [0.3, 0.4) is 0 Å². The van der Waals surface area contributed by atoms with Gasteiger partial charge < -0.3 is 9.84 Å². The Morgan fingerprint density at radius 1 is 1.29 bits per heavy atom. The van der Waals surface area contributed by atoms with E-state index >= 15 is 0 Å². The van der Waals surface area contributed by atoms with E-state index in [2.05, 4.69) is 9.84 Å². The van der Waals surface area contributed by atoms with Gasteiger partial charge in [0.1, 0.15) is 11.9 Å². The highest BCUT2D eigenvalue weighted by Gasteiger charge is 2.40. The third kappa shape index (κ3) is 5.82. The van der Waals surface area contributed by atoms with Gasteiger partial charge in [-0.15, -0.1) is 0 Å². The number of hydrogen-bond donors (Lipinski definition) is 1. The van der Waals surface area contributed by atoms with Crippen molar-refractivity contribution in [3.05, 3.63) is 36.5 Å². The largest absolute Gasteiger partial charge is 0.490 e. The van der Waals surface area contributed by atoms with Gasteiger partial charge in [-0.05, 0) is 6.07 Å². The van der Waals surface area contributed by atoms with Gasteiger partial charge in [-0.1, -0.05) is 22.9 Å². The molecule has 0 aliphatic carbocycles. The zero-order valence-corrected chi connectivity index (χ0v) is 12.9. The third-order valence-corrected chi connectivity index (χ3v) is 2.91. The number of halogens is 3. The summed E-state index contributed by atoms with van der Waals surface area (Å²) >= 11 is 0. The molecule has 0 amide bonds. The van der Waals surface area contributed by atoms with Gasteiger partial charge >= 0.3 is 18.1 Å². The topological polar surface area (TPSA) is 80.4 Å². The summed E-state index contributed by atoms with van der Waals surface area (Å²) in [7, 11) is 0.676. The first-order chi connectivity index (χ1) is 11.1. The molecule has 6 nitrogen and oxygen atoms in total. The number of carbonyl (C=O) groups excluding carboxylic acids is 1. The molecule has 0 saturated carbocycles. The monoisotopic (exact) mass is 345 g/mol. The summed E-state index contributed by atoms with van der Waals surface area (Å²) in [5.74, 6) is -2.98. The minimum absolute atomic E-state index is 0.0794. The van der Waals surface area contributed by atoms with Gasteiger partial charge in [-0.2, -0.15) is 13.2 Å². The van der Waals surface area contributed by atoms with Gasteiger partial charge in [-0.3, -0.25) is 4.79 Å². The summed E-state index contributed by atoms with van der Waals surface area (Å²) in [6.45, 7) is 1.84. The van der Waals surface area contributed by atoms with Crippen LogP contribution in [0.15, 0.2) is 36.5 Å². The number of esters is 1. The number of carboxylic acids is 1. The number of hydrogen-bond acceptors (Lipinski definition) is 4. The molecule has 0 aliphatic rings. The molecule has 1 unspecified atom stereocenters. The molecule has 1 aromatic carbocycles. The van der Waals surface area contributed by atoms with Crippen LogP contribution in [0.25, 0.3) is 10.9 Å². The average molecular weight is 345 g/mol. The van der Waals surface area contributed by atoms with Crippen LogP contribution in [0.2, 0.25) is 0 Å². The summed E-state index contributed by atoms with van der Waals surface area (Å²) in [5, 5.41) is 14.2. The van der Waals surface area contributed by atoms with E-state index in [0.29, 0.717) is 7.11 Å². The number of alkyl halides is 3.